The number of benzene rings is 1. The van der Waals surface area contributed by atoms with Crippen molar-refractivity contribution in [3.8, 4) is 5.69 Å². The van der Waals surface area contributed by atoms with Crippen molar-refractivity contribution in [2.45, 2.75) is 25.4 Å². The summed E-state index contributed by atoms with van der Waals surface area (Å²) in [6.45, 7) is 2.68. The van der Waals surface area contributed by atoms with E-state index in [0.29, 0.717) is 12.6 Å². The third-order valence-corrected chi connectivity index (χ3v) is 4.40. The van der Waals surface area contributed by atoms with Crippen molar-refractivity contribution in [1.29, 1.82) is 0 Å². The summed E-state index contributed by atoms with van der Waals surface area (Å²) in [5.74, 6) is 0.948. The molecule has 3 heterocycles. The summed E-state index contributed by atoms with van der Waals surface area (Å²) in [6.07, 6.45) is 5.83. The van der Waals surface area contributed by atoms with E-state index >= 15 is 0 Å². The van der Waals surface area contributed by atoms with Crippen LogP contribution in [0.2, 0.25) is 0 Å². The van der Waals surface area contributed by atoms with E-state index < -0.39 is 0 Å². The lowest BCUT2D eigenvalue weighted by Gasteiger charge is -2.33. The number of aromatic nitrogens is 5. The summed E-state index contributed by atoms with van der Waals surface area (Å²) in [6, 6.07) is 14.3. The number of nitrogens with one attached hydrogen (secondary N) is 1. The third-order valence-electron chi connectivity index (χ3n) is 4.40. The van der Waals surface area contributed by atoms with Crippen LogP contribution in [0.4, 0.5) is 5.82 Å². The summed E-state index contributed by atoms with van der Waals surface area (Å²) in [4.78, 5) is 3.96. The summed E-state index contributed by atoms with van der Waals surface area (Å²) in [7, 11) is 0. The largest absolute Gasteiger partial charge is 0.354 e. The van der Waals surface area contributed by atoms with Gasteiger partial charge in [-0.3, -0.25) is 0 Å². The molecule has 1 aliphatic heterocycles. The van der Waals surface area contributed by atoms with Crippen LogP contribution in [-0.4, -0.2) is 44.3 Å². The Bertz CT molecular complexity index is 787. The fraction of sp³-hybridized carbons (Fsp3) is 0.333. The van der Waals surface area contributed by atoms with Gasteiger partial charge in [-0.15, -0.1) is 5.10 Å². The van der Waals surface area contributed by atoms with Crippen LogP contribution in [0.1, 0.15) is 18.5 Å². The fourth-order valence-electron chi connectivity index (χ4n) is 3.12. The molecule has 25 heavy (non-hydrogen) atoms. The van der Waals surface area contributed by atoms with Crippen LogP contribution in [0.5, 0.6) is 0 Å². The van der Waals surface area contributed by atoms with Crippen molar-refractivity contribution in [3.05, 3.63) is 60.6 Å². The van der Waals surface area contributed by atoms with Gasteiger partial charge in [0.25, 0.3) is 0 Å². The topological polar surface area (TPSA) is 71.8 Å². The molecule has 7 heteroatoms. The number of hydrogen-bond acceptors (Lipinski definition) is 6. The quantitative estimate of drug-likeness (QED) is 0.767. The second kappa shape index (κ2) is 7.40. The minimum Gasteiger partial charge on any atom is -0.354 e. The van der Waals surface area contributed by atoms with E-state index in [2.05, 4.69) is 30.6 Å². The van der Waals surface area contributed by atoms with Gasteiger partial charge < -0.3 is 10.2 Å². The number of rotatable bonds is 5. The van der Waals surface area contributed by atoms with Gasteiger partial charge in [-0.2, -0.15) is 20.1 Å². The molecule has 1 N–H and O–H groups in total. The van der Waals surface area contributed by atoms with E-state index in [1.165, 1.54) is 0 Å². The molecule has 4 rings (SSSR count). The van der Waals surface area contributed by atoms with Gasteiger partial charge in [0.05, 0.1) is 17.6 Å². The first-order valence-corrected chi connectivity index (χ1v) is 8.61. The van der Waals surface area contributed by atoms with Crippen molar-refractivity contribution in [1.82, 2.24) is 30.5 Å². The molecule has 0 saturated carbocycles. The predicted molar refractivity (Wildman–Crippen MR) is 95.5 cm³/mol. The number of anilines is 1. The van der Waals surface area contributed by atoms with Crippen molar-refractivity contribution in [3.63, 3.8) is 0 Å². The Morgan fingerprint density at radius 3 is 2.88 bits per heavy atom. The molecule has 0 amide bonds. The molecule has 1 fully saturated rings. The average Bonchev–Trinajstić information content (AvgIpc) is 3.17. The Morgan fingerprint density at radius 1 is 1.12 bits per heavy atom. The second-order valence-electron chi connectivity index (χ2n) is 6.21. The summed E-state index contributed by atoms with van der Waals surface area (Å²) < 4.78 is 0. The van der Waals surface area contributed by atoms with Crippen LogP contribution in [0.3, 0.4) is 0 Å². The first kappa shape index (κ1) is 15.7. The molecule has 2 aromatic heterocycles. The Labute approximate surface area is 146 Å². The van der Waals surface area contributed by atoms with E-state index in [-0.39, 0.29) is 0 Å². The SMILES string of the molecule is c1ccc(-n2ncc(CN[C@@H]3CCCN(c4cccnn4)C3)n2)cc1. The standard InChI is InChI=1S/C18H21N7/c1-2-7-17(8-3-1)25-21-13-16(23-25)12-19-15-6-5-11-24(14-15)18-9-4-10-20-22-18/h1-4,7-10,13,15,19H,5-6,11-12,14H2/t15-/m1/s1. The predicted octanol–water partition coefficient (Wildman–Crippen LogP) is 1.82. The minimum absolute atomic E-state index is 0.414. The molecule has 7 nitrogen and oxygen atoms in total. The monoisotopic (exact) mass is 335 g/mol. The van der Waals surface area contributed by atoms with Crippen LogP contribution in [0.25, 0.3) is 5.69 Å². The molecule has 3 aromatic rings. The Hall–Kier alpha value is -2.80. The smallest absolute Gasteiger partial charge is 0.151 e. The highest BCUT2D eigenvalue weighted by Gasteiger charge is 2.20. The fourth-order valence-corrected chi connectivity index (χ4v) is 3.12. The molecular weight excluding hydrogens is 314 g/mol. The maximum atomic E-state index is 4.55. The van der Waals surface area contributed by atoms with E-state index in [1.54, 1.807) is 11.0 Å². The van der Waals surface area contributed by atoms with Gasteiger partial charge in [0, 0.05) is 31.9 Å². The zero-order valence-electron chi connectivity index (χ0n) is 14.0. The molecule has 0 bridgehead atoms. The van der Waals surface area contributed by atoms with E-state index in [0.717, 1.165) is 43.1 Å². The van der Waals surface area contributed by atoms with E-state index in [1.807, 2.05) is 48.7 Å². The van der Waals surface area contributed by atoms with Gasteiger partial charge in [0.15, 0.2) is 5.82 Å². The van der Waals surface area contributed by atoms with E-state index in [4.69, 9.17) is 0 Å². The molecule has 0 spiro atoms. The first-order chi connectivity index (χ1) is 12.4. The van der Waals surface area contributed by atoms with Gasteiger partial charge in [0.1, 0.15) is 0 Å². The van der Waals surface area contributed by atoms with Crippen LogP contribution >= 0.6 is 0 Å². The first-order valence-electron chi connectivity index (χ1n) is 8.61. The van der Waals surface area contributed by atoms with Crippen molar-refractivity contribution >= 4 is 5.82 Å². The Kier molecular flexibility index (Phi) is 4.65. The molecule has 1 aromatic carbocycles. The van der Waals surface area contributed by atoms with Gasteiger partial charge in [-0.1, -0.05) is 18.2 Å². The number of piperidine rings is 1. The van der Waals surface area contributed by atoms with Crippen LogP contribution in [0.15, 0.2) is 54.9 Å². The molecule has 0 aliphatic carbocycles. The number of para-hydroxylation sites is 1. The van der Waals surface area contributed by atoms with Crippen LogP contribution in [-0.2, 0) is 6.54 Å². The lowest BCUT2D eigenvalue weighted by molar-refractivity contribution is 0.417. The summed E-state index contributed by atoms with van der Waals surface area (Å²) in [5, 5.41) is 20.7. The van der Waals surface area contributed by atoms with Crippen LogP contribution < -0.4 is 10.2 Å². The maximum Gasteiger partial charge on any atom is 0.151 e. The third kappa shape index (κ3) is 3.83. The molecule has 1 saturated heterocycles. The molecule has 0 radical (unpaired) electrons. The van der Waals surface area contributed by atoms with Gasteiger partial charge in [-0.05, 0) is 37.1 Å². The van der Waals surface area contributed by atoms with Gasteiger partial charge in [-0.25, -0.2) is 0 Å². The van der Waals surface area contributed by atoms with Gasteiger partial charge >= 0.3 is 0 Å². The zero-order valence-corrected chi connectivity index (χ0v) is 14.0. The maximum absolute atomic E-state index is 4.55. The van der Waals surface area contributed by atoms with Crippen molar-refractivity contribution in [2.24, 2.45) is 0 Å². The number of nitrogens with zero attached hydrogens (tertiary/aromatic N) is 6. The summed E-state index contributed by atoms with van der Waals surface area (Å²) in [5.41, 5.74) is 1.92. The molecular formula is C18H21N7. The summed E-state index contributed by atoms with van der Waals surface area (Å²) >= 11 is 0. The zero-order chi connectivity index (χ0) is 16.9. The molecule has 1 aliphatic rings. The van der Waals surface area contributed by atoms with Crippen LogP contribution in [0, 0.1) is 0 Å². The van der Waals surface area contributed by atoms with Crippen molar-refractivity contribution in [2.75, 3.05) is 18.0 Å². The van der Waals surface area contributed by atoms with Crippen molar-refractivity contribution < 1.29 is 0 Å². The average molecular weight is 335 g/mol. The lowest BCUT2D eigenvalue weighted by Crippen LogP contribution is -2.45. The molecule has 0 unspecified atom stereocenters. The second-order valence-corrected chi connectivity index (χ2v) is 6.21. The highest BCUT2D eigenvalue weighted by atomic mass is 15.5. The van der Waals surface area contributed by atoms with E-state index in [9.17, 15) is 0 Å². The normalized spacial score (nSPS) is 17.6. The molecule has 1 atom stereocenters. The van der Waals surface area contributed by atoms with Gasteiger partial charge in [0.2, 0.25) is 0 Å². The highest BCUT2D eigenvalue weighted by molar-refractivity contribution is 5.37. The Balaban J connectivity index is 1.35. The molecule has 128 valence electrons. The highest BCUT2D eigenvalue weighted by Crippen LogP contribution is 2.17. The Morgan fingerprint density at radius 2 is 2.04 bits per heavy atom. The number of hydrogen-bond donors (Lipinski definition) is 1. The minimum atomic E-state index is 0.414. The lowest BCUT2D eigenvalue weighted by atomic mass is 10.1.